The highest BCUT2D eigenvalue weighted by atomic mass is 31.1. The summed E-state index contributed by atoms with van der Waals surface area (Å²) >= 11 is 0. The molecule has 28 heavy (non-hydrogen) atoms. The molecule has 0 N–H and O–H groups in total. The van der Waals surface area contributed by atoms with Crippen LogP contribution < -0.4 is 9.47 Å². The lowest BCUT2D eigenvalue weighted by Crippen LogP contribution is -2.13. The van der Waals surface area contributed by atoms with E-state index < -0.39 is 7.80 Å². The zero-order chi connectivity index (χ0) is 21.2. The van der Waals surface area contributed by atoms with Gasteiger partial charge in [0.05, 0.1) is 14.2 Å². The van der Waals surface area contributed by atoms with Gasteiger partial charge in [0.15, 0.2) is 0 Å². The number of ether oxygens (including phenoxy) is 2. The molecule has 2 rings (SSSR count). The van der Waals surface area contributed by atoms with E-state index in [9.17, 15) is 9.36 Å². The standard InChI is InChI=1S/C17H27O4P.C5H5N/c1-12(10-17(2,3)4)11-22(19)16(18)15-13(20-5)8-7-9-14(15)21-6;1-2-4-6-5-3-1/h7-9,12,22H,10-11H2,1-6H3;1-5H. The van der Waals surface area contributed by atoms with Gasteiger partial charge in [-0.15, -0.1) is 0 Å². The first-order valence-corrected chi connectivity index (χ1v) is 10.9. The monoisotopic (exact) mass is 405 g/mol. The van der Waals surface area contributed by atoms with E-state index in [-0.39, 0.29) is 16.9 Å². The van der Waals surface area contributed by atoms with Gasteiger partial charge < -0.3 is 14.0 Å². The van der Waals surface area contributed by atoms with E-state index in [0.717, 1.165) is 6.42 Å². The Labute approximate surface area is 169 Å². The Morgan fingerprint density at radius 3 is 1.93 bits per heavy atom. The third-order valence-corrected chi connectivity index (χ3v) is 5.79. The number of carbonyl (C=O) groups is 1. The summed E-state index contributed by atoms with van der Waals surface area (Å²) < 4.78 is 22.9. The fourth-order valence-corrected chi connectivity index (χ4v) is 4.54. The van der Waals surface area contributed by atoms with Gasteiger partial charge in [-0.1, -0.05) is 39.8 Å². The SMILES string of the molecule is COc1cccc(OC)c1C(=O)[PH](=O)CC(C)CC(C)(C)C.c1ccncc1. The average Bonchev–Trinajstić information content (AvgIpc) is 2.66. The van der Waals surface area contributed by atoms with Crippen LogP contribution in [-0.2, 0) is 4.57 Å². The van der Waals surface area contributed by atoms with E-state index in [2.05, 4.69) is 25.8 Å². The molecule has 1 heterocycles. The Morgan fingerprint density at radius 2 is 1.57 bits per heavy atom. The van der Waals surface area contributed by atoms with Gasteiger partial charge in [-0.05, 0) is 42.0 Å². The van der Waals surface area contributed by atoms with Gasteiger partial charge in [-0.25, -0.2) is 0 Å². The number of hydrogen-bond donors (Lipinski definition) is 0. The number of methoxy groups -OCH3 is 2. The lowest BCUT2D eigenvalue weighted by atomic mass is 9.86. The van der Waals surface area contributed by atoms with Crippen LogP contribution >= 0.6 is 7.80 Å². The molecule has 2 atom stereocenters. The molecule has 2 aromatic rings. The second-order valence-corrected chi connectivity index (χ2v) is 9.60. The predicted octanol–water partition coefficient (Wildman–Crippen LogP) is 5.56. The van der Waals surface area contributed by atoms with Crippen molar-refractivity contribution < 1.29 is 18.8 Å². The van der Waals surface area contributed by atoms with Crippen molar-refractivity contribution >= 4 is 13.3 Å². The van der Waals surface area contributed by atoms with Crippen LogP contribution in [0, 0.1) is 11.3 Å². The lowest BCUT2D eigenvalue weighted by molar-refractivity contribution is 0.107. The number of aromatic nitrogens is 1. The molecular formula is C22H32NO4P. The van der Waals surface area contributed by atoms with Gasteiger partial charge >= 0.3 is 0 Å². The Hall–Kier alpha value is -2.13. The highest BCUT2D eigenvalue weighted by Gasteiger charge is 2.25. The smallest absolute Gasteiger partial charge is 0.225 e. The first-order valence-electron chi connectivity index (χ1n) is 9.33. The number of benzene rings is 1. The Kier molecular flexibility index (Phi) is 9.95. The topological polar surface area (TPSA) is 65.5 Å². The van der Waals surface area contributed by atoms with Crippen molar-refractivity contribution in [3.8, 4) is 11.5 Å². The van der Waals surface area contributed by atoms with Crippen molar-refractivity contribution in [3.05, 3.63) is 54.4 Å². The molecule has 6 heteroatoms. The van der Waals surface area contributed by atoms with Crippen LogP contribution in [0.2, 0.25) is 0 Å². The summed E-state index contributed by atoms with van der Waals surface area (Å²) in [5, 5.41) is 0. The molecule has 0 saturated heterocycles. The zero-order valence-corrected chi connectivity index (χ0v) is 18.7. The molecular weight excluding hydrogens is 373 g/mol. The number of pyridine rings is 1. The highest BCUT2D eigenvalue weighted by molar-refractivity contribution is 7.64. The summed E-state index contributed by atoms with van der Waals surface area (Å²) in [6.45, 7) is 8.48. The third-order valence-electron chi connectivity index (χ3n) is 3.97. The fraction of sp³-hybridized carbons (Fsp3) is 0.455. The van der Waals surface area contributed by atoms with Crippen molar-refractivity contribution in [2.75, 3.05) is 20.4 Å². The van der Waals surface area contributed by atoms with E-state index in [4.69, 9.17) is 9.47 Å². The molecule has 154 valence electrons. The van der Waals surface area contributed by atoms with Gasteiger partial charge in [-0.3, -0.25) is 9.78 Å². The second kappa shape index (κ2) is 11.7. The van der Waals surface area contributed by atoms with E-state index in [1.54, 1.807) is 30.6 Å². The molecule has 0 amide bonds. The summed E-state index contributed by atoms with van der Waals surface area (Å²) in [5.74, 6) is 1.05. The lowest BCUT2D eigenvalue weighted by Gasteiger charge is -2.23. The zero-order valence-electron chi connectivity index (χ0n) is 17.7. The average molecular weight is 405 g/mol. The number of carbonyl (C=O) groups excluding carboxylic acids is 1. The molecule has 0 radical (unpaired) electrons. The Bertz CT molecular complexity index is 708. The first kappa shape index (κ1) is 23.9. The largest absolute Gasteiger partial charge is 0.496 e. The van der Waals surface area contributed by atoms with Crippen molar-refractivity contribution in [1.82, 2.24) is 4.98 Å². The second-order valence-electron chi connectivity index (χ2n) is 7.89. The van der Waals surface area contributed by atoms with E-state index in [0.29, 0.717) is 23.2 Å². The fourth-order valence-electron chi connectivity index (χ4n) is 3.05. The van der Waals surface area contributed by atoms with Crippen LogP contribution in [0.1, 0.15) is 44.5 Å². The molecule has 0 aliphatic carbocycles. The first-order chi connectivity index (χ1) is 13.2. The summed E-state index contributed by atoms with van der Waals surface area (Å²) in [6, 6.07) is 10.8. The summed E-state index contributed by atoms with van der Waals surface area (Å²) in [6.07, 6.45) is 4.85. The minimum absolute atomic E-state index is 0.159. The van der Waals surface area contributed by atoms with Crippen molar-refractivity contribution in [3.63, 3.8) is 0 Å². The van der Waals surface area contributed by atoms with Crippen LogP contribution in [-0.4, -0.2) is 30.9 Å². The molecule has 2 unspecified atom stereocenters. The third kappa shape index (κ3) is 8.26. The summed E-state index contributed by atoms with van der Waals surface area (Å²) in [7, 11) is 0.579. The van der Waals surface area contributed by atoms with Crippen LogP contribution in [0.3, 0.4) is 0 Å². The van der Waals surface area contributed by atoms with Gasteiger partial charge in [-0.2, -0.15) is 0 Å². The maximum Gasteiger partial charge on any atom is 0.225 e. The predicted molar refractivity (Wildman–Crippen MR) is 115 cm³/mol. The number of hydrogen-bond acceptors (Lipinski definition) is 5. The molecule has 5 nitrogen and oxygen atoms in total. The summed E-state index contributed by atoms with van der Waals surface area (Å²) in [5.41, 5.74) is 0.0895. The van der Waals surface area contributed by atoms with Crippen LogP contribution in [0.5, 0.6) is 11.5 Å². The van der Waals surface area contributed by atoms with Gasteiger partial charge in [0.25, 0.3) is 0 Å². The maximum atomic E-state index is 12.6. The van der Waals surface area contributed by atoms with Crippen LogP contribution in [0.4, 0.5) is 0 Å². The molecule has 0 bridgehead atoms. The van der Waals surface area contributed by atoms with Gasteiger partial charge in [0, 0.05) is 18.6 Å². The van der Waals surface area contributed by atoms with Crippen LogP contribution in [0.25, 0.3) is 0 Å². The minimum Gasteiger partial charge on any atom is -0.496 e. The van der Waals surface area contributed by atoms with E-state index >= 15 is 0 Å². The molecule has 0 saturated carbocycles. The van der Waals surface area contributed by atoms with Gasteiger partial charge in [0.1, 0.15) is 24.9 Å². The van der Waals surface area contributed by atoms with Crippen molar-refractivity contribution in [2.45, 2.75) is 34.1 Å². The van der Waals surface area contributed by atoms with Gasteiger partial charge in [0.2, 0.25) is 5.52 Å². The Balaban J connectivity index is 0.000000552. The molecule has 0 aliphatic rings. The van der Waals surface area contributed by atoms with E-state index in [1.165, 1.54) is 14.2 Å². The molecule has 1 aromatic carbocycles. The van der Waals surface area contributed by atoms with Crippen molar-refractivity contribution in [2.24, 2.45) is 11.3 Å². The highest BCUT2D eigenvalue weighted by Crippen LogP contribution is 2.39. The number of rotatable bonds is 7. The maximum absolute atomic E-state index is 12.6. The molecule has 0 spiro atoms. The van der Waals surface area contributed by atoms with Crippen molar-refractivity contribution in [1.29, 1.82) is 0 Å². The van der Waals surface area contributed by atoms with Crippen LogP contribution in [0.15, 0.2) is 48.8 Å². The van der Waals surface area contributed by atoms with E-state index in [1.807, 2.05) is 25.1 Å². The molecule has 1 aromatic heterocycles. The summed E-state index contributed by atoms with van der Waals surface area (Å²) in [4.78, 5) is 16.4. The normalized spacial score (nSPS) is 12.9. The number of nitrogens with zero attached hydrogens (tertiary/aromatic N) is 1. The molecule has 0 aliphatic heterocycles. The quantitative estimate of drug-likeness (QED) is 0.565. The minimum atomic E-state index is -2.40. The Morgan fingerprint density at radius 1 is 1.04 bits per heavy atom. The molecule has 0 fully saturated rings.